The first-order valence-electron chi connectivity index (χ1n) is 22.2. The van der Waals surface area contributed by atoms with Crippen LogP contribution in [-0.2, 0) is 44.8 Å². The molecular weight excluding hydrogens is 865 g/mol. The maximum atomic E-state index is 13.8. The Labute approximate surface area is 383 Å². The summed E-state index contributed by atoms with van der Waals surface area (Å²) in [6.07, 6.45) is 4.13. The monoisotopic (exact) mass is 932 g/mol. The van der Waals surface area contributed by atoms with Crippen LogP contribution < -0.4 is 53.7 Å². The van der Waals surface area contributed by atoms with Crippen molar-refractivity contribution in [1.29, 1.82) is 0 Å². The van der Waals surface area contributed by atoms with Crippen molar-refractivity contribution in [3.63, 3.8) is 0 Å². The zero-order chi connectivity index (χ0) is 48.1. The minimum atomic E-state index is -1.23. The number of urea groups is 1. The molecule has 3 rings (SSSR count). The first-order valence-corrected chi connectivity index (χ1v) is 23.3. The van der Waals surface area contributed by atoms with Gasteiger partial charge in [0.1, 0.15) is 23.9 Å². The number of amides is 10. The number of phenolic OH excluding ortho intramolecular Hbond substituents is 1. The molecule has 2 fully saturated rings. The number of hydrogen-bond acceptors (Lipinski definition) is 12. The largest absolute Gasteiger partial charge is 0.508 e. The number of aromatic hydroxyl groups is 1. The first kappa shape index (κ1) is 53.7. The van der Waals surface area contributed by atoms with E-state index in [2.05, 4.69) is 42.5 Å². The topological polar surface area (TPSA) is 328 Å². The van der Waals surface area contributed by atoms with Crippen LogP contribution in [-0.4, -0.2) is 124 Å². The summed E-state index contributed by atoms with van der Waals surface area (Å²) >= 11 is 1.83. The predicted molar refractivity (Wildman–Crippen MR) is 241 cm³/mol. The van der Waals surface area contributed by atoms with Crippen LogP contribution in [0.3, 0.4) is 0 Å². The van der Waals surface area contributed by atoms with Crippen molar-refractivity contribution in [2.24, 2.45) is 23.5 Å². The second-order valence-corrected chi connectivity index (χ2v) is 18.7. The summed E-state index contributed by atoms with van der Waals surface area (Å²) in [4.78, 5) is 114. The van der Waals surface area contributed by atoms with Crippen molar-refractivity contribution in [3.05, 3.63) is 29.8 Å². The van der Waals surface area contributed by atoms with Gasteiger partial charge < -0.3 is 53.4 Å². The summed E-state index contributed by atoms with van der Waals surface area (Å²) in [5, 5.41) is 40.6. The summed E-state index contributed by atoms with van der Waals surface area (Å²) < 4.78 is 0. The summed E-state index contributed by atoms with van der Waals surface area (Å²) in [5.74, 6) is -5.25. The third kappa shape index (κ3) is 20.0. The Kier molecular flexibility index (Phi) is 22.8. The van der Waals surface area contributed by atoms with Gasteiger partial charge in [-0.15, -0.1) is 0 Å². The molecule has 2 aliphatic heterocycles. The minimum absolute atomic E-state index is 0.0110. The first-order chi connectivity index (χ1) is 30.8. The van der Waals surface area contributed by atoms with Crippen LogP contribution in [0.1, 0.15) is 97.5 Å². The van der Waals surface area contributed by atoms with Crippen molar-refractivity contribution < 1.29 is 53.5 Å². The van der Waals surface area contributed by atoms with E-state index >= 15 is 0 Å². The smallest absolute Gasteiger partial charge is 0.315 e. The minimum Gasteiger partial charge on any atom is -0.508 e. The van der Waals surface area contributed by atoms with Crippen LogP contribution in [0.5, 0.6) is 5.75 Å². The number of carbonyl (C=O) groups excluding carboxylic acids is 9. The number of phenols is 1. The normalized spacial score (nSPS) is 18.2. The zero-order valence-electron chi connectivity index (χ0n) is 37.7. The van der Waals surface area contributed by atoms with Gasteiger partial charge in [-0.3, -0.25) is 43.6 Å². The molecule has 2 aliphatic rings. The number of unbranched alkanes of at least 4 members (excludes halogenated alkanes) is 2. The molecule has 7 atom stereocenters. The van der Waals surface area contributed by atoms with Crippen molar-refractivity contribution in [1.82, 2.24) is 48.0 Å². The van der Waals surface area contributed by atoms with Crippen molar-refractivity contribution >= 4 is 65.1 Å². The number of primary amides is 1. The molecule has 13 N–H and O–H groups in total. The second-order valence-electron chi connectivity index (χ2n) is 17.4. The van der Waals surface area contributed by atoms with Crippen LogP contribution in [0.25, 0.3) is 0 Å². The van der Waals surface area contributed by atoms with Gasteiger partial charge in [-0.1, -0.05) is 46.2 Å². The lowest BCUT2D eigenvalue weighted by atomic mass is 9.92. The number of nitrogens with two attached hydrogens (primary N) is 1. The molecule has 1 aromatic carbocycles. The van der Waals surface area contributed by atoms with E-state index in [-0.39, 0.29) is 73.7 Å². The van der Waals surface area contributed by atoms with Crippen LogP contribution in [0.4, 0.5) is 4.79 Å². The van der Waals surface area contributed by atoms with Crippen molar-refractivity contribution in [3.8, 4) is 5.75 Å². The Balaban J connectivity index is 1.43. The Bertz CT molecular complexity index is 1800. The third-order valence-corrected chi connectivity index (χ3v) is 12.4. The molecule has 0 aliphatic carbocycles. The van der Waals surface area contributed by atoms with E-state index in [4.69, 9.17) is 10.9 Å². The molecule has 362 valence electrons. The lowest BCUT2D eigenvalue weighted by molar-refractivity contribution is -0.137. The molecule has 0 radical (unpaired) electrons. The Morgan fingerprint density at radius 1 is 0.738 bits per heavy atom. The highest BCUT2D eigenvalue weighted by molar-refractivity contribution is 8.00. The lowest BCUT2D eigenvalue weighted by Gasteiger charge is -2.26. The van der Waals surface area contributed by atoms with Gasteiger partial charge in [-0.2, -0.15) is 11.8 Å². The molecule has 1 unspecified atom stereocenters. The fourth-order valence-corrected chi connectivity index (χ4v) is 9.13. The summed E-state index contributed by atoms with van der Waals surface area (Å²) in [7, 11) is 0. The zero-order valence-corrected chi connectivity index (χ0v) is 38.5. The van der Waals surface area contributed by atoms with Gasteiger partial charge in [0.05, 0.1) is 25.2 Å². The van der Waals surface area contributed by atoms with Gasteiger partial charge in [-0.25, -0.2) is 10.3 Å². The maximum absolute atomic E-state index is 13.8. The van der Waals surface area contributed by atoms with E-state index in [1.807, 2.05) is 39.5 Å². The summed E-state index contributed by atoms with van der Waals surface area (Å²) in [6.45, 7) is 6.64. The van der Waals surface area contributed by atoms with E-state index in [0.29, 0.717) is 36.6 Å². The molecular formula is C43H68N10O11S. The number of carbonyl (C=O) groups is 9. The molecule has 2 saturated heterocycles. The molecule has 0 aromatic heterocycles. The van der Waals surface area contributed by atoms with Crippen molar-refractivity contribution in [2.45, 2.75) is 134 Å². The summed E-state index contributed by atoms with van der Waals surface area (Å²) in [5.41, 5.74) is 7.60. The highest BCUT2D eigenvalue weighted by atomic mass is 32.2. The highest BCUT2D eigenvalue weighted by Gasteiger charge is 2.42. The number of rotatable bonds is 29. The Morgan fingerprint density at radius 3 is 2.08 bits per heavy atom. The van der Waals surface area contributed by atoms with Gasteiger partial charge in [0, 0.05) is 42.7 Å². The van der Waals surface area contributed by atoms with E-state index in [1.165, 1.54) is 17.6 Å². The molecule has 10 amide bonds. The molecule has 1 aromatic rings. The van der Waals surface area contributed by atoms with Gasteiger partial charge in [0.25, 0.3) is 0 Å². The SMILES string of the molecule is CC(C)CC(CC(=O)NO)C(=O)N[C@@H](Cc1ccc(O)cc1)C(=O)N[C@@H](CC(C)C)C(=O)NCC(=O)NCC(=O)N[C@@H](CCCCNC(=O)CCCC[C@@H]1SC[C@@H]2NC(=O)N[C@@H]21)C(N)=O. The van der Waals surface area contributed by atoms with Crippen LogP contribution in [0.2, 0.25) is 0 Å². The third-order valence-electron chi connectivity index (χ3n) is 10.9. The van der Waals surface area contributed by atoms with E-state index < -0.39 is 78.5 Å². The van der Waals surface area contributed by atoms with Gasteiger partial charge >= 0.3 is 6.03 Å². The molecule has 21 nitrogen and oxygen atoms in total. The maximum Gasteiger partial charge on any atom is 0.315 e. The number of thioether (sulfide) groups is 1. The van der Waals surface area contributed by atoms with E-state index in [9.17, 15) is 48.3 Å². The standard InChI is InChI=1S/C43H68N10O11S/c1-24(2)17-27(20-35(56)53-64)40(60)49-31(19-26-12-14-28(54)15-13-26)42(62)50-30(18-25(3)4)41(61)47-21-36(57)46-22-37(58)48-29(39(44)59)9-7-8-16-45-34(55)11-6-5-10-33-38-32(23-65-33)51-43(63)52-38/h12-15,24-25,27,29-33,38,54,64H,5-11,16-23H2,1-4H3,(H2,44,59)(H,45,55)(H,46,57)(H,47,61)(H,48,58)(H,49,60)(H,50,62)(H,53,56)(H2,51,52,63)/t27?,29-,30-,31-,32-,33-,38-/m0/s1. The highest BCUT2D eigenvalue weighted by Crippen LogP contribution is 2.33. The van der Waals surface area contributed by atoms with Gasteiger partial charge in [0.15, 0.2) is 0 Å². The van der Waals surface area contributed by atoms with Gasteiger partial charge in [0.2, 0.25) is 47.3 Å². The Hall–Kier alpha value is -5.64. The number of hydrogen-bond donors (Lipinski definition) is 12. The van der Waals surface area contributed by atoms with Crippen LogP contribution >= 0.6 is 11.8 Å². The molecule has 65 heavy (non-hydrogen) atoms. The van der Waals surface area contributed by atoms with Crippen LogP contribution in [0.15, 0.2) is 24.3 Å². The molecule has 0 spiro atoms. The summed E-state index contributed by atoms with van der Waals surface area (Å²) in [6, 6.07) is 2.74. The average Bonchev–Trinajstić information content (AvgIpc) is 3.81. The Morgan fingerprint density at radius 2 is 1.42 bits per heavy atom. The number of fused-ring (bicyclic) bond motifs is 1. The number of hydroxylamine groups is 1. The van der Waals surface area contributed by atoms with Crippen molar-refractivity contribution in [2.75, 3.05) is 25.4 Å². The van der Waals surface area contributed by atoms with Crippen LogP contribution in [0, 0.1) is 17.8 Å². The second kappa shape index (κ2) is 27.6. The average molecular weight is 933 g/mol. The molecule has 0 bridgehead atoms. The fourth-order valence-electron chi connectivity index (χ4n) is 7.59. The number of benzene rings is 1. The lowest BCUT2D eigenvalue weighted by Crippen LogP contribution is -2.56. The quantitative estimate of drug-likeness (QED) is 0.0214. The van der Waals surface area contributed by atoms with E-state index in [1.54, 1.807) is 12.1 Å². The fraction of sp³-hybridized carbons (Fsp3) is 0.651. The number of nitrogens with one attached hydrogen (secondary N) is 9. The molecule has 2 heterocycles. The van der Waals surface area contributed by atoms with Gasteiger partial charge in [-0.05, 0) is 74.5 Å². The molecule has 0 saturated carbocycles. The predicted octanol–water partition coefficient (Wildman–Crippen LogP) is -0.277. The molecule has 22 heteroatoms. The van der Waals surface area contributed by atoms with E-state index in [0.717, 1.165) is 25.0 Å².